The Morgan fingerprint density at radius 1 is 1.08 bits per heavy atom. The summed E-state index contributed by atoms with van der Waals surface area (Å²) in [5, 5.41) is 9.15. The second-order valence-corrected chi connectivity index (χ2v) is 5.26. The Labute approximate surface area is 133 Å². The Morgan fingerprint density at radius 2 is 1.79 bits per heavy atom. The smallest absolute Gasteiger partial charge is 0.419 e. The first-order valence-electron chi connectivity index (χ1n) is 6.95. The maximum absolute atomic E-state index is 13.4. The van der Waals surface area contributed by atoms with Gasteiger partial charge in [-0.1, -0.05) is 30.3 Å². The lowest BCUT2D eigenvalue weighted by Crippen LogP contribution is -2.16. The highest BCUT2D eigenvalue weighted by atomic mass is 19.4. The number of alkyl halides is 3. The number of para-hydroxylation sites is 1. The second-order valence-electron chi connectivity index (χ2n) is 5.26. The fourth-order valence-corrected chi connectivity index (χ4v) is 2.79. The van der Waals surface area contributed by atoms with Gasteiger partial charge < -0.3 is 9.67 Å². The third-order valence-electron chi connectivity index (χ3n) is 3.69. The minimum Gasteiger partial charge on any atom is -0.477 e. The Bertz CT molecular complexity index is 928. The second kappa shape index (κ2) is 5.67. The van der Waals surface area contributed by atoms with Gasteiger partial charge in [-0.3, -0.25) is 0 Å². The van der Waals surface area contributed by atoms with Gasteiger partial charge in [0.2, 0.25) is 0 Å². The molecular formula is C17H11F4NO2. The van der Waals surface area contributed by atoms with Crippen LogP contribution in [-0.4, -0.2) is 15.6 Å². The van der Waals surface area contributed by atoms with Gasteiger partial charge in [0, 0.05) is 17.4 Å². The molecule has 2 aromatic carbocycles. The average molecular weight is 337 g/mol. The Morgan fingerprint density at radius 3 is 2.42 bits per heavy atom. The zero-order chi connectivity index (χ0) is 17.5. The molecule has 0 saturated heterocycles. The number of aromatic nitrogens is 1. The molecule has 3 nitrogen and oxygen atoms in total. The summed E-state index contributed by atoms with van der Waals surface area (Å²) in [7, 11) is 0. The Balaban J connectivity index is 2.30. The van der Waals surface area contributed by atoms with Crippen LogP contribution in [0, 0.1) is 5.82 Å². The van der Waals surface area contributed by atoms with E-state index < -0.39 is 29.2 Å². The quantitative estimate of drug-likeness (QED) is 0.713. The number of rotatable bonds is 3. The van der Waals surface area contributed by atoms with Crippen LogP contribution in [0.1, 0.15) is 21.6 Å². The van der Waals surface area contributed by atoms with Gasteiger partial charge in [-0.15, -0.1) is 0 Å². The number of nitrogens with zero attached hydrogens (tertiary/aromatic N) is 1. The van der Waals surface area contributed by atoms with Crippen LogP contribution >= 0.6 is 0 Å². The minimum absolute atomic E-state index is 0.131. The molecule has 0 aliphatic rings. The first-order valence-corrected chi connectivity index (χ1v) is 6.95. The van der Waals surface area contributed by atoms with Gasteiger partial charge in [0.1, 0.15) is 11.5 Å². The van der Waals surface area contributed by atoms with E-state index in [1.54, 1.807) is 0 Å². The fraction of sp³-hybridized carbons (Fsp3) is 0.118. The molecule has 7 heteroatoms. The van der Waals surface area contributed by atoms with Crippen LogP contribution in [0.5, 0.6) is 0 Å². The van der Waals surface area contributed by atoms with Gasteiger partial charge >= 0.3 is 12.1 Å². The molecule has 0 aliphatic heterocycles. The van der Waals surface area contributed by atoms with E-state index in [2.05, 4.69) is 0 Å². The van der Waals surface area contributed by atoms with E-state index in [0.717, 1.165) is 10.6 Å². The number of halogens is 4. The number of benzene rings is 2. The minimum atomic E-state index is -4.82. The maximum atomic E-state index is 13.4. The third-order valence-corrected chi connectivity index (χ3v) is 3.69. The lowest BCUT2D eigenvalue weighted by atomic mass is 10.1. The van der Waals surface area contributed by atoms with Gasteiger partial charge in [-0.05, 0) is 23.8 Å². The number of fused-ring (bicyclic) bond motifs is 1. The zero-order valence-electron chi connectivity index (χ0n) is 12.1. The molecule has 1 heterocycles. The van der Waals surface area contributed by atoms with Crippen LogP contribution in [-0.2, 0) is 12.7 Å². The Hall–Kier alpha value is -2.83. The molecule has 1 aromatic heterocycles. The summed E-state index contributed by atoms with van der Waals surface area (Å²) in [5.74, 6) is -2.23. The van der Waals surface area contributed by atoms with Crippen LogP contribution in [0.4, 0.5) is 17.6 Å². The van der Waals surface area contributed by atoms with Crippen molar-refractivity contribution in [1.82, 2.24) is 4.57 Å². The summed E-state index contributed by atoms with van der Waals surface area (Å²) in [6.45, 7) is -0.185. The molecule has 0 fully saturated rings. The lowest BCUT2D eigenvalue weighted by molar-refractivity contribution is -0.136. The number of carboxylic acid groups (broad SMARTS) is 1. The molecular weight excluding hydrogens is 326 g/mol. The van der Waals surface area contributed by atoms with Crippen LogP contribution in [0.15, 0.2) is 48.5 Å². The summed E-state index contributed by atoms with van der Waals surface area (Å²) in [4.78, 5) is 11.5. The van der Waals surface area contributed by atoms with Gasteiger partial charge in [0.25, 0.3) is 0 Å². The molecule has 0 atom stereocenters. The van der Waals surface area contributed by atoms with Crippen molar-refractivity contribution in [2.75, 3.05) is 0 Å². The van der Waals surface area contributed by atoms with Gasteiger partial charge in [0.05, 0.1) is 5.56 Å². The van der Waals surface area contributed by atoms with E-state index >= 15 is 0 Å². The van der Waals surface area contributed by atoms with Crippen LogP contribution in [0.2, 0.25) is 0 Å². The largest absolute Gasteiger partial charge is 0.477 e. The third kappa shape index (κ3) is 2.73. The maximum Gasteiger partial charge on any atom is 0.419 e. The number of aromatic carboxylic acids is 1. The van der Waals surface area contributed by atoms with Crippen molar-refractivity contribution in [3.05, 3.63) is 71.2 Å². The van der Waals surface area contributed by atoms with E-state index in [4.69, 9.17) is 0 Å². The van der Waals surface area contributed by atoms with Crippen molar-refractivity contribution in [3.63, 3.8) is 0 Å². The average Bonchev–Trinajstić information content (AvgIpc) is 2.82. The highest BCUT2D eigenvalue weighted by Gasteiger charge is 2.40. The van der Waals surface area contributed by atoms with Crippen LogP contribution in [0.3, 0.4) is 0 Å². The zero-order valence-corrected chi connectivity index (χ0v) is 12.1. The summed E-state index contributed by atoms with van der Waals surface area (Å²) < 4.78 is 54.6. The fourth-order valence-electron chi connectivity index (χ4n) is 2.79. The topological polar surface area (TPSA) is 42.2 Å². The van der Waals surface area contributed by atoms with E-state index in [1.165, 1.54) is 42.5 Å². The van der Waals surface area contributed by atoms with Gasteiger partial charge in [-0.25, -0.2) is 9.18 Å². The standard InChI is InChI=1S/C17H11F4NO2/c18-11-5-3-4-10(8-11)9-22-13-7-2-1-6-12(13)14(17(19,20)21)15(22)16(23)24/h1-8H,9H2,(H,23,24). The number of hydrogen-bond donors (Lipinski definition) is 1. The van der Waals surface area contributed by atoms with Gasteiger partial charge in [0.15, 0.2) is 0 Å². The lowest BCUT2D eigenvalue weighted by Gasteiger charge is -2.10. The van der Waals surface area contributed by atoms with Crippen molar-refractivity contribution in [3.8, 4) is 0 Å². The van der Waals surface area contributed by atoms with E-state index in [9.17, 15) is 27.5 Å². The first kappa shape index (κ1) is 16.0. The molecule has 3 rings (SSSR count). The molecule has 0 unspecified atom stereocenters. The first-order chi connectivity index (χ1) is 11.3. The number of hydrogen-bond acceptors (Lipinski definition) is 1. The predicted molar refractivity (Wildman–Crippen MR) is 79.4 cm³/mol. The molecule has 1 N–H and O–H groups in total. The molecule has 0 aliphatic carbocycles. The summed E-state index contributed by atoms with van der Waals surface area (Å²) in [5.41, 5.74) is -1.55. The van der Waals surface area contributed by atoms with E-state index in [0.29, 0.717) is 5.56 Å². The summed E-state index contributed by atoms with van der Waals surface area (Å²) in [6.07, 6.45) is -4.82. The molecule has 24 heavy (non-hydrogen) atoms. The summed E-state index contributed by atoms with van der Waals surface area (Å²) in [6, 6.07) is 10.9. The Kier molecular flexibility index (Phi) is 3.79. The molecule has 0 radical (unpaired) electrons. The predicted octanol–water partition coefficient (Wildman–Crippen LogP) is 4.55. The van der Waals surface area contributed by atoms with Crippen molar-refractivity contribution in [1.29, 1.82) is 0 Å². The molecule has 124 valence electrons. The van der Waals surface area contributed by atoms with Crippen LogP contribution < -0.4 is 0 Å². The molecule has 0 saturated carbocycles. The van der Waals surface area contributed by atoms with Crippen molar-refractivity contribution in [2.24, 2.45) is 0 Å². The summed E-state index contributed by atoms with van der Waals surface area (Å²) >= 11 is 0. The highest BCUT2D eigenvalue weighted by molar-refractivity contribution is 5.98. The highest BCUT2D eigenvalue weighted by Crippen LogP contribution is 2.39. The van der Waals surface area contributed by atoms with E-state index in [1.807, 2.05) is 0 Å². The van der Waals surface area contributed by atoms with Gasteiger partial charge in [-0.2, -0.15) is 13.2 Å². The van der Waals surface area contributed by atoms with Crippen molar-refractivity contribution in [2.45, 2.75) is 12.7 Å². The molecule has 0 spiro atoms. The van der Waals surface area contributed by atoms with E-state index in [-0.39, 0.29) is 17.4 Å². The SMILES string of the molecule is O=C(O)c1c(C(F)(F)F)c2ccccc2n1Cc1cccc(F)c1. The van der Waals surface area contributed by atoms with Crippen molar-refractivity contribution >= 4 is 16.9 Å². The monoisotopic (exact) mass is 337 g/mol. The van der Waals surface area contributed by atoms with Crippen LogP contribution in [0.25, 0.3) is 10.9 Å². The molecule has 0 amide bonds. The number of carbonyl (C=O) groups is 1. The molecule has 0 bridgehead atoms. The van der Waals surface area contributed by atoms with Crippen molar-refractivity contribution < 1.29 is 27.5 Å². The normalized spacial score (nSPS) is 11.8. The number of carboxylic acids is 1. The molecule has 3 aromatic rings.